The Morgan fingerprint density at radius 2 is 1.85 bits per heavy atom. The summed E-state index contributed by atoms with van der Waals surface area (Å²) in [6.07, 6.45) is 0. The Balaban J connectivity index is 2.87. The van der Waals surface area contributed by atoms with Crippen molar-refractivity contribution in [3.63, 3.8) is 0 Å². The fourth-order valence-electron chi connectivity index (χ4n) is 1.18. The Kier molecular flexibility index (Phi) is 2.90. The van der Waals surface area contributed by atoms with E-state index >= 15 is 0 Å². The minimum absolute atomic E-state index is 0.192. The number of ether oxygens (including phenoxy) is 1. The number of aromatic hydroxyl groups is 1. The van der Waals surface area contributed by atoms with E-state index in [1.54, 1.807) is 31.2 Å². The lowest BCUT2D eigenvalue weighted by molar-refractivity contribution is -0.0208. The van der Waals surface area contributed by atoms with Gasteiger partial charge in [-0.3, -0.25) is 0 Å². The fraction of sp³-hybridized carbons (Fsp3) is 0.400. The Labute approximate surface area is 77.6 Å². The van der Waals surface area contributed by atoms with Crippen molar-refractivity contribution in [2.24, 2.45) is 0 Å². The van der Waals surface area contributed by atoms with Gasteiger partial charge in [-0.05, 0) is 24.6 Å². The number of hydrogen-bond donors (Lipinski definition) is 2. The molecule has 0 spiro atoms. The SMILES string of the molecule is COCC(C)(O)c1ccc(O)cc1. The van der Waals surface area contributed by atoms with Crippen molar-refractivity contribution in [1.29, 1.82) is 0 Å². The van der Waals surface area contributed by atoms with Crippen molar-refractivity contribution >= 4 is 0 Å². The van der Waals surface area contributed by atoms with Crippen LogP contribution in [0.4, 0.5) is 0 Å². The van der Waals surface area contributed by atoms with E-state index in [4.69, 9.17) is 9.84 Å². The molecule has 3 heteroatoms. The van der Waals surface area contributed by atoms with E-state index in [1.807, 2.05) is 0 Å². The standard InChI is InChI=1S/C10H14O3/c1-10(12,7-13-2)8-3-5-9(11)6-4-8/h3-6,11-12H,7H2,1-2H3. The molecule has 13 heavy (non-hydrogen) atoms. The van der Waals surface area contributed by atoms with Gasteiger partial charge in [0.05, 0.1) is 6.61 Å². The zero-order chi connectivity index (χ0) is 9.90. The topological polar surface area (TPSA) is 49.7 Å². The molecule has 0 heterocycles. The highest BCUT2D eigenvalue weighted by atomic mass is 16.5. The van der Waals surface area contributed by atoms with Crippen LogP contribution in [0.3, 0.4) is 0 Å². The Hall–Kier alpha value is -1.06. The highest BCUT2D eigenvalue weighted by molar-refractivity contribution is 5.29. The normalized spacial score (nSPS) is 15.3. The van der Waals surface area contributed by atoms with Gasteiger partial charge >= 0.3 is 0 Å². The summed E-state index contributed by atoms with van der Waals surface area (Å²) in [5, 5.41) is 18.9. The van der Waals surface area contributed by atoms with Crippen LogP contribution in [0.15, 0.2) is 24.3 Å². The molecule has 1 rings (SSSR count). The molecule has 0 aliphatic heterocycles. The molecular weight excluding hydrogens is 168 g/mol. The van der Waals surface area contributed by atoms with Crippen molar-refractivity contribution in [2.45, 2.75) is 12.5 Å². The summed E-state index contributed by atoms with van der Waals surface area (Å²) in [5.74, 6) is 0.192. The van der Waals surface area contributed by atoms with Crippen molar-refractivity contribution in [1.82, 2.24) is 0 Å². The third-order valence-corrected chi connectivity index (χ3v) is 1.91. The van der Waals surface area contributed by atoms with Gasteiger partial charge in [-0.15, -0.1) is 0 Å². The molecule has 72 valence electrons. The summed E-state index contributed by atoms with van der Waals surface area (Å²) in [7, 11) is 1.54. The average molecular weight is 182 g/mol. The number of benzene rings is 1. The van der Waals surface area contributed by atoms with E-state index in [0.29, 0.717) is 0 Å². The van der Waals surface area contributed by atoms with Gasteiger partial charge < -0.3 is 14.9 Å². The van der Waals surface area contributed by atoms with Crippen LogP contribution in [-0.2, 0) is 10.3 Å². The predicted octanol–water partition coefficient (Wildman–Crippen LogP) is 1.25. The quantitative estimate of drug-likeness (QED) is 0.739. The molecule has 2 N–H and O–H groups in total. The Morgan fingerprint density at radius 3 is 2.31 bits per heavy atom. The first-order chi connectivity index (χ1) is 6.06. The fourth-order valence-corrected chi connectivity index (χ4v) is 1.18. The third kappa shape index (κ3) is 2.44. The van der Waals surface area contributed by atoms with Gasteiger partial charge in [0.25, 0.3) is 0 Å². The Morgan fingerprint density at radius 1 is 1.31 bits per heavy atom. The van der Waals surface area contributed by atoms with Crippen LogP contribution in [-0.4, -0.2) is 23.9 Å². The van der Waals surface area contributed by atoms with Gasteiger partial charge in [0.1, 0.15) is 11.4 Å². The first-order valence-electron chi connectivity index (χ1n) is 4.07. The molecule has 0 fully saturated rings. The van der Waals surface area contributed by atoms with Crippen LogP contribution in [0, 0.1) is 0 Å². The molecule has 0 bridgehead atoms. The number of methoxy groups -OCH3 is 1. The maximum absolute atomic E-state index is 9.87. The molecule has 0 amide bonds. The molecule has 0 aliphatic carbocycles. The molecule has 0 aromatic heterocycles. The largest absolute Gasteiger partial charge is 0.508 e. The average Bonchev–Trinajstić information content (AvgIpc) is 2.05. The van der Waals surface area contributed by atoms with Crippen LogP contribution in [0.1, 0.15) is 12.5 Å². The molecule has 0 saturated heterocycles. The van der Waals surface area contributed by atoms with E-state index in [9.17, 15) is 5.11 Å². The third-order valence-electron chi connectivity index (χ3n) is 1.91. The second kappa shape index (κ2) is 3.77. The lowest BCUT2D eigenvalue weighted by atomic mass is 9.97. The first kappa shape index (κ1) is 10.0. The van der Waals surface area contributed by atoms with Gasteiger partial charge in [0, 0.05) is 7.11 Å². The van der Waals surface area contributed by atoms with Crippen LogP contribution in [0.2, 0.25) is 0 Å². The summed E-state index contributed by atoms with van der Waals surface area (Å²) in [6.45, 7) is 1.90. The highest BCUT2D eigenvalue weighted by Gasteiger charge is 2.22. The van der Waals surface area contributed by atoms with Gasteiger partial charge in [0.2, 0.25) is 0 Å². The van der Waals surface area contributed by atoms with Crippen molar-refractivity contribution in [3.05, 3.63) is 29.8 Å². The van der Waals surface area contributed by atoms with Crippen LogP contribution in [0.5, 0.6) is 5.75 Å². The molecule has 0 saturated carbocycles. The second-order valence-electron chi connectivity index (χ2n) is 3.25. The highest BCUT2D eigenvalue weighted by Crippen LogP contribution is 2.22. The summed E-state index contributed by atoms with van der Waals surface area (Å²) in [5.41, 5.74) is -0.269. The predicted molar refractivity (Wildman–Crippen MR) is 49.6 cm³/mol. The van der Waals surface area contributed by atoms with Crippen molar-refractivity contribution < 1.29 is 14.9 Å². The van der Waals surface area contributed by atoms with Crippen LogP contribution in [0.25, 0.3) is 0 Å². The van der Waals surface area contributed by atoms with E-state index < -0.39 is 5.60 Å². The zero-order valence-corrected chi connectivity index (χ0v) is 7.82. The smallest absolute Gasteiger partial charge is 0.115 e. The van der Waals surface area contributed by atoms with Gasteiger partial charge in [0.15, 0.2) is 0 Å². The number of phenolic OH excluding ortho intramolecular Hbond substituents is 1. The maximum Gasteiger partial charge on any atom is 0.115 e. The molecular formula is C10H14O3. The van der Waals surface area contributed by atoms with E-state index in [0.717, 1.165) is 5.56 Å². The van der Waals surface area contributed by atoms with E-state index in [2.05, 4.69) is 0 Å². The van der Waals surface area contributed by atoms with Crippen LogP contribution < -0.4 is 0 Å². The number of phenols is 1. The summed E-state index contributed by atoms with van der Waals surface area (Å²) < 4.78 is 4.88. The molecule has 1 atom stereocenters. The number of rotatable bonds is 3. The van der Waals surface area contributed by atoms with Crippen molar-refractivity contribution in [3.8, 4) is 5.75 Å². The van der Waals surface area contributed by atoms with Gasteiger partial charge in [-0.1, -0.05) is 12.1 Å². The molecule has 1 aromatic carbocycles. The van der Waals surface area contributed by atoms with Crippen molar-refractivity contribution in [2.75, 3.05) is 13.7 Å². The molecule has 1 unspecified atom stereocenters. The van der Waals surface area contributed by atoms with Crippen LogP contribution >= 0.6 is 0 Å². The minimum Gasteiger partial charge on any atom is -0.508 e. The Bertz CT molecular complexity index is 264. The molecule has 0 aliphatic rings. The molecule has 0 radical (unpaired) electrons. The second-order valence-corrected chi connectivity index (χ2v) is 3.25. The summed E-state index contributed by atoms with van der Waals surface area (Å²) in [4.78, 5) is 0. The summed E-state index contributed by atoms with van der Waals surface area (Å²) >= 11 is 0. The minimum atomic E-state index is -0.998. The van der Waals surface area contributed by atoms with Gasteiger partial charge in [-0.25, -0.2) is 0 Å². The monoisotopic (exact) mass is 182 g/mol. The molecule has 1 aromatic rings. The lowest BCUT2D eigenvalue weighted by Gasteiger charge is -2.22. The van der Waals surface area contributed by atoms with Gasteiger partial charge in [-0.2, -0.15) is 0 Å². The molecule has 3 nitrogen and oxygen atoms in total. The summed E-state index contributed by atoms with van der Waals surface area (Å²) in [6, 6.07) is 6.43. The van der Waals surface area contributed by atoms with E-state index in [1.165, 1.54) is 7.11 Å². The lowest BCUT2D eigenvalue weighted by Crippen LogP contribution is -2.26. The number of aliphatic hydroxyl groups is 1. The number of hydrogen-bond acceptors (Lipinski definition) is 3. The zero-order valence-electron chi connectivity index (χ0n) is 7.82. The maximum atomic E-state index is 9.87. The first-order valence-corrected chi connectivity index (χ1v) is 4.07. The van der Waals surface area contributed by atoms with E-state index in [-0.39, 0.29) is 12.4 Å².